The molecule has 0 amide bonds. The summed E-state index contributed by atoms with van der Waals surface area (Å²) in [7, 11) is -0.617. The lowest BCUT2D eigenvalue weighted by Crippen LogP contribution is -2.16. The van der Waals surface area contributed by atoms with Crippen molar-refractivity contribution in [3.63, 3.8) is 0 Å². The quantitative estimate of drug-likeness (QED) is 0.244. The summed E-state index contributed by atoms with van der Waals surface area (Å²) in [5.74, 6) is 1.52. The first-order valence-electron chi connectivity index (χ1n) is 12.6. The third kappa shape index (κ3) is 3.71. The summed E-state index contributed by atoms with van der Waals surface area (Å²) in [6, 6.07) is 26.8. The normalized spacial score (nSPS) is 14.7. The Labute approximate surface area is 223 Å². The molecule has 38 heavy (non-hydrogen) atoms. The van der Waals surface area contributed by atoms with Gasteiger partial charge < -0.3 is 9.47 Å². The van der Waals surface area contributed by atoms with Gasteiger partial charge in [-0.3, -0.25) is 0 Å². The van der Waals surface area contributed by atoms with E-state index >= 15 is 0 Å². The second kappa shape index (κ2) is 9.07. The van der Waals surface area contributed by atoms with E-state index in [2.05, 4.69) is 19.1 Å². The summed E-state index contributed by atoms with van der Waals surface area (Å²) < 4.78 is 41.1. The topological polar surface area (TPSA) is 57.5 Å². The van der Waals surface area contributed by atoms with Gasteiger partial charge in [-0.25, -0.2) is 12.4 Å². The first-order valence-corrected chi connectivity index (χ1v) is 14.0. The zero-order valence-corrected chi connectivity index (χ0v) is 22.7. The fourth-order valence-corrected chi connectivity index (χ4v) is 7.22. The van der Waals surface area contributed by atoms with E-state index in [1.165, 1.54) is 11.1 Å². The minimum absolute atomic E-state index is 0.00563. The molecule has 5 aromatic rings. The molecular weight excluding hydrogens is 494 g/mol. The summed E-state index contributed by atoms with van der Waals surface area (Å²) in [5.41, 5.74) is 7.80. The van der Waals surface area contributed by atoms with Gasteiger partial charge in [-0.1, -0.05) is 35.9 Å². The van der Waals surface area contributed by atoms with Gasteiger partial charge in [0.1, 0.15) is 11.5 Å². The zero-order valence-electron chi connectivity index (χ0n) is 21.9. The lowest BCUT2D eigenvalue weighted by molar-refractivity contribution is 0.414. The van der Waals surface area contributed by atoms with E-state index in [-0.39, 0.29) is 10.8 Å². The van der Waals surface area contributed by atoms with Crippen molar-refractivity contribution in [1.82, 2.24) is 3.97 Å². The Morgan fingerprint density at radius 3 is 1.97 bits per heavy atom. The van der Waals surface area contributed by atoms with Crippen molar-refractivity contribution in [3.8, 4) is 22.8 Å². The SMILES string of the molecule is COc1ccc(-c2c3c4c(c(C)ccc4n2S(=O)(=O)c2ccc(C)cc2)CC3c2ccc(OC)cc2)cc1. The second-order valence-corrected chi connectivity index (χ2v) is 11.6. The van der Waals surface area contributed by atoms with E-state index in [0.29, 0.717) is 11.2 Å². The molecule has 1 heterocycles. The molecule has 6 heteroatoms. The minimum atomic E-state index is -3.90. The number of ether oxygens (including phenoxy) is 2. The maximum absolute atomic E-state index is 14.4. The van der Waals surface area contributed by atoms with E-state index in [1.807, 2.05) is 67.6 Å². The van der Waals surface area contributed by atoms with Crippen LogP contribution in [0.2, 0.25) is 0 Å². The first kappa shape index (κ1) is 24.3. The van der Waals surface area contributed by atoms with Crippen molar-refractivity contribution in [1.29, 1.82) is 0 Å². The van der Waals surface area contributed by atoms with E-state index in [0.717, 1.165) is 45.6 Å². The molecule has 1 aliphatic rings. The van der Waals surface area contributed by atoms with Gasteiger partial charge in [0.2, 0.25) is 0 Å². The van der Waals surface area contributed by atoms with Crippen LogP contribution in [0.15, 0.2) is 89.8 Å². The molecule has 0 fully saturated rings. The van der Waals surface area contributed by atoms with Gasteiger partial charge in [0.15, 0.2) is 0 Å². The molecule has 1 aromatic heterocycles. The maximum atomic E-state index is 14.4. The number of methoxy groups -OCH3 is 2. The average Bonchev–Trinajstić information content (AvgIpc) is 3.50. The standard InChI is InChI=1S/C32H29NO4S/c1-20-5-16-26(17-6-20)38(34,35)33-29-18-7-21(2)27-19-28(22-8-12-24(36-3)13-9-22)31(30(27)29)32(33)23-10-14-25(37-4)15-11-23/h5-18,28H,19H2,1-4H3. The molecule has 0 radical (unpaired) electrons. The number of benzene rings is 4. The summed E-state index contributed by atoms with van der Waals surface area (Å²) in [5, 5.41) is 1.03. The summed E-state index contributed by atoms with van der Waals surface area (Å²) >= 11 is 0. The number of rotatable bonds is 6. The maximum Gasteiger partial charge on any atom is 0.268 e. The lowest BCUT2D eigenvalue weighted by Gasteiger charge is -2.19. The molecule has 4 aromatic carbocycles. The third-order valence-corrected chi connectivity index (χ3v) is 9.40. The lowest BCUT2D eigenvalue weighted by atomic mass is 9.90. The van der Waals surface area contributed by atoms with Gasteiger partial charge in [-0.15, -0.1) is 0 Å². The first-order chi connectivity index (χ1) is 18.3. The molecule has 1 atom stereocenters. The van der Waals surface area contributed by atoms with Gasteiger partial charge in [0, 0.05) is 11.3 Å². The van der Waals surface area contributed by atoms with Gasteiger partial charge in [0.05, 0.1) is 30.3 Å². The summed E-state index contributed by atoms with van der Waals surface area (Å²) in [4.78, 5) is 0.269. The molecule has 0 saturated heterocycles. The van der Waals surface area contributed by atoms with Gasteiger partial charge in [-0.05, 0) is 103 Å². The van der Waals surface area contributed by atoms with Crippen molar-refractivity contribution < 1.29 is 17.9 Å². The number of aryl methyl sites for hydroxylation is 2. The van der Waals surface area contributed by atoms with Crippen LogP contribution in [-0.2, 0) is 16.4 Å². The van der Waals surface area contributed by atoms with Crippen LogP contribution in [0.5, 0.6) is 11.5 Å². The molecule has 6 rings (SSSR count). The van der Waals surface area contributed by atoms with Gasteiger partial charge in [0.25, 0.3) is 10.0 Å². The van der Waals surface area contributed by atoms with Crippen LogP contribution in [0, 0.1) is 13.8 Å². The third-order valence-electron chi connectivity index (χ3n) is 7.67. The molecule has 5 nitrogen and oxygen atoms in total. The molecule has 0 saturated carbocycles. The average molecular weight is 524 g/mol. The Morgan fingerprint density at radius 2 is 1.37 bits per heavy atom. The smallest absolute Gasteiger partial charge is 0.268 e. The van der Waals surface area contributed by atoms with E-state index in [9.17, 15) is 8.42 Å². The summed E-state index contributed by atoms with van der Waals surface area (Å²) in [6.45, 7) is 4.06. The molecule has 0 bridgehead atoms. The highest BCUT2D eigenvalue weighted by molar-refractivity contribution is 7.90. The molecule has 1 aliphatic carbocycles. The fourth-order valence-electron chi connectivity index (χ4n) is 5.67. The molecule has 0 aliphatic heterocycles. The Bertz CT molecular complexity index is 1770. The Morgan fingerprint density at radius 1 is 0.763 bits per heavy atom. The number of hydrogen-bond donors (Lipinski definition) is 0. The van der Waals surface area contributed by atoms with Crippen LogP contribution >= 0.6 is 0 Å². The van der Waals surface area contributed by atoms with E-state index < -0.39 is 10.0 Å². The fraction of sp³-hybridized carbons (Fsp3) is 0.188. The Hall–Kier alpha value is -4.03. The van der Waals surface area contributed by atoms with Crippen LogP contribution < -0.4 is 9.47 Å². The Balaban J connectivity index is 1.70. The predicted octanol–water partition coefficient (Wildman–Crippen LogP) is 6.87. The molecular formula is C32H29NO4S. The van der Waals surface area contributed by atoms with Crippen LogP contribution in [0.25, 0.3) is 22.2 Å². The highest BCUT2D eigenvalue weighted by Gasteiger charge is 2.37. The molecule has 192 valence electrons. The van der Waals surface area contributed by atoms with E-state index in [4.69, 9.17) is 9.47 Å². The summed E-state index contributed by atoms with van der Waals surface area (Å²) in [6.07, 6.45) is 0.814. The largest absolute Gasteiger partial charge is 0.497 e. The highest BCUT2D eigenvalue weighted by atomic mass is 32.2. The number of aromatic nitrogens is 1. The van der Waals surface area contributed by atoms with Crippen LogP contribution in [0.4, 0.5) is 0 Å². The monoisotopic (exact) mass is 523 g/mol. The van der Waals surface area contributed by atoms with Gasteiger partial charge >= 0.3 is 0 Å². The predicted molar refractivity (Wildman–Crippen MR) is 151 cm³/mol. The van der Waals surface area contributed by atoms with E-state index in [1.54, 1.807) is 30.3 Å². The molecule has 0 spiro atoms. The molecule has 0 N–H and O–H groups in total. The van der Waals surface area contributed by atoms with Crippen molar-refractivity contribution in [2.75, 3.05) is 14.2 Å². The number of hydrogen-bond acceptors (Lipinski definition) is 4. The number of nitrogens with zero attached hydrogens (tertiary/aromatic N) is 1. The Kier molecular flexibility index (Phi) is 5.80. The van der Waals surface area contributed by atoms with Crippen LogP contribution in [0.1, 0.15) is 33.7 Å². The zero-order chi connectivity index (χ0) is 26.6. The van der Waals surface area contributed by atoms with Crippen molar-refractivity contribution in [2.45, 2.75) is 31.1 Å². The van der Waals surface area contributed by atoms with Crippen molar-refractivity contribution >= 4 is 20.9 Å². The van der Waals surface area contributed by atoms with Crippen molar-refractivity contribution in [2.24, 2.45) is 0 Å². The van der Waals surface area contributed by atoms with Crippen LogP contribution in [0.3, 0.4) is 0 Å². The van der Waals surface area contributed by atoms with Crippen LogP contribution in [-0.4, -0.2) is 26.6 Å². The van der Waals surface area contributed by atoms with Crippen molar-refractivity contribution in [3.05, 3.63) is 113 Å². The minimum Gasteiger partial charge on any atom is -0.497 e. The second-order valence-electron chi connectivity index (χ2n) is 9.86. The van der Waals surface area contributed by atoms with Gasteiger partial charge in [-0.2, -0.15) is 0 Å². The molecule has 1 unspecified atom stereocenters. The highest BCUT2D eigenvalue weighted by Crippen LogP contribution is 2.50.